The Balaban J connectivity index is 2.33. The van der Waals surface area contributed by atoms with Gasteiger partial charge in [0, 0.05) is 0 Å². The van der Waals surface area contributed by atoms with E-state index in [9.17, 15) is 34.3 Å². The zero-order valence-electron chi connectivity index (χ0n) is 17.3. The monoisotopic (exact) mass is 548 g/mol. The van der Waals surface area contributed by atoms with Crippen LogP contribution in [-0.2, 0) is 19.7 Å². The summed E-state index contributed by atoms with van der Waals surface area (Å²) in [6, 6.07) is 1.65. The standard InChI is InChI=1S/C18H15Cl2F5N4O4S/c1-3-33-17(31)27-15-13(18(4-5-18)16(30)32-2)12(8-26)28-29(15)14-10(19)6-9(7-11(14)20)34(21,22,23,24)25/h6-7H,3-5H2,1-2H3,(H,27,31). The molecule has 186 valence electrons. The number of amides is 1. The Labute approximate surface area is 199 Å². The number of nitrogens with one attached hydrogen (secondary N) is 1. The Morgan fingerprint density at radius 2 is 1.79 bits per heavy atom. The smallest absolute Gasteiger partial charge is 0.412 e. The fourth-order valence-electron chi connectivity index (χ4n) is 3.33. The minimum absolute atomic E-state index is 0.0426. The summed E-state index contributed by atoms with van der Waals surface area (Å²) >= 11 is 11.8. The highest BCUT2D eigenvalue weighted by atomic mass is 35.5. The van der Waals surface area contributed by atoms with Crippen molar-refractivity contribution in [3.05, 3.63) is 33.4 Å². The minimum atomic E-state index is -10.1. The van der Waals surface area contributed by atoms with Crippen molar-refractivity contribution in [2.24, 2.45) is 0 Å². The van der Waals surface area contributed by atoms with Crippen molar-refractivity contribution >= 4 is 51.3 Å². The number of hydrogen-bond acceptors (Lipinski definition) is 6. The largest absolute Gasteiger partial charge is 0.468 e. The van der Waals surface area contributed by atoms with Crippen LogP contribution in [0.5, 0.6) is 0 Å². The number of methoxy groups -OCH3 is 1. The summed E-state index contributed by atoms with van der Waals surface area (Å²) in [5, 5.41) is 14.0. The van der Waals surface area contributed by atoms with Crippen molar-refractivity contribution in [3.8, 4) is 11.8 Å². The Morgan fingerprint density at radius 1 is 1.24 bits per heavy atom. The molecule has 3 rings (SSSR count). The number of ether oxygens (including phenoxy) is 2. The van der Waals surface area contributed by atoms with Crippen LogP contribution in [0.15, 0.2) is 17.0 Å². The maximum Gasteiger partial charge on any atom is 0.412 e. The van der Waals surface area contributed by atoms with Crippen LogP contribution in [0.4, 0.5) is 30.0 Å². The number of rotatable bonds is 6. The highest BCUT2D eigenvalue weighted by molar-refractivity contribution is 8.45. The number of carbonyl (C=O) groups is 2. The zero-order valence-corrected chi connectivity index (χ0v) is 19.6. The highest BCUT2D eigenvalue weighted by Crippen LogP contribution is 3.02. The molecule has 0 unspecified atom stereocenters. The molecule has 1 aliphatic rings. The first-order valence-electron chi connectivity index (χ1n) is 9.28. The van der Waals surface area contributed by atoms with Crippen LogP contribution < -0.4 is 5.32 Å². The van der Waals surface area contributed by atoms with E-state index in [-0.39, 0.29) is 43.0 Å². The van der Waals surface area contributed by atoms with E-state index in [4.69, 9.17) is 32.7 Å². The third-order valence-electron chi connectivity index (χ3n) is 4.94. The van der Waals surface area contributed by atoms with Gasteiger partial charge in [0.25, 0.3) is 0 Å². The van der Waals surface area contributed by atoms with Crippen molar-refractivity contribution in [2.45, 2.75) is 30.1 Å². The van der Waals surface area contributed by atoms with Gasteiger partial charge in [-0.2, -0.15) is 10.4 Å². The number of esters is 1. The van der Waals surface area contributed by atoms with E-state index in [1.54, 1.807) is 6.07 Å². The van der Waals surface area contributed by atoms with Gasteiger partial charge in [-0.15, -0.1) is 0 Å². The fraction of sp³-hybridized carbons (Fsp3) is 0.333. The molecule has 8 nitrogen and oxygen atoms in total. The number of aromatic nitrogens is 2. The van der Waals surface area contributed by atoms with Gasteiger partial charge in [-0.05, 0) is 31.9 Å². The average Bonchev–Trinajstić information content (AvgIpc) is 3.43. The summed E-state index contributed by atoms with van der Waals surface area (Å²) in [5.74, 6) is -1.13. The number of halogens is 7. The molecule has 0 spiro atoms. The second-order valence-electron chi connectivity index (χ2n) is 7.22. The molecule has 0 bridgehead atoms. The SMILES string of the molecule is CCOC(=O)Nc1c(C2(C(=O)OC)CC2)c(C#N)nn1-c1c(Cl)cc(S(F)(F)(F)(F)F)cc1Cl. The van der Waals surface area contributed by atoms with Crippen LogP contribution in [0.2, 0.25) is 10.0 Å². The summed E-state index contributed by atoms with van der Waals surface area (Å²) < 4.78 is 76.7. The van der Waals surface area contributed by atoms with E-state index in [0.717, 1.165) is 7.11 Å². The van der Waals surface area contributed by atoms with Gasteiger partial charge in [0.1, 0.15) is 22.5 Å². The van der Waals surface area contributed by atoms with Crippen LogP contribution in [0.1, 0.15) is 31.0 Å². The van der Waals surface area contributed by atoms with E-state index in [0.29, 0.717) is 4.68 Å². The van der Waals surface area contributed by atoms with E-state index in [1.807, 2.05) is 0 Å². The zero-order chi connectivity index (χ0) is 25.8. The van der Waals surface area contributed by atoms with E-state index < -0.39 is 54.0 Å². The van der Waals surface area contributed by atoms with E-state index >= 15 is 0 Å². The molecule has 1 N–H and O–H groups in total. The molecule has 16 heteroatoms. The molecular formula is C18H15Cl2F5N4O4S. The molecule has 0 radical (unpaired) electrons. The molecule has 1 fully saturated rings. The third kappa shape index (κ3) is 4.59. The van der Waals surface area contributed by atoms with Gasteiger partial charge in [-0.1, -0.05) is 42.6 Å². The second-order valence-corrected chi connectivity index (χ2v) is 10.4. The number of anilines is 1. The van der Waals surface area contributed by atoms with Crippen molar-refractivity contribution in [1.29, 1.82) is 5.26 Å². The lowest BCUT2D eigenvalue weighted by molar-refractivity contribution is -0.143. The van der Waals surface area contributed by atoms with Gasteiger partial charge in [-0.25, -0.2) is 9.48 Å². The van der Waals surface area contributed by atoms with Gasteiger partial charge in [0.15, 0.2) is 5.69 Å². The minimum Gasteiger partial charge on any atom is -0.468 e. The van der Waals surface area contributed by atoms with Crippen LogP contribution in [-0.4, -0.2) is 35.6 Å². The van der Waals surface area contributed by atoms with Gasteiger partial charge >= 0.3 is 22.3 Å². The normalized spacial score (nSPS) is 16.6. The summed E-state index contributed by atoms with van der Waals surface area (Å²) in [6.07, 6.45) is -0.671. The Bertz CT molecular complexity index is 1230. The highest BCUT2D eigenvalue weighted by Gasteiger charge is 2.66. The molecule has 2 aromatic rings. The third-order valence-corrected chi connectivity index (χ3v) is 6.64. The van der Waals surface area contributed by atoms with Crippen LogP contribution in [0, 0.1) is 11.3 Å². The van der Waals surface area contributed by atoms with E-state index in [2.05, 4.69) is 10.4 Å². The maximum absolute atomic E-state index is 13.3. The number of nitrogens with zero attached hydrogens (tertiary/aromatic N) is 3. The summed E-state index contributed by atoms with van der Waals surface area (Å²) in [6.45, 7) is 1.41. The average molecular weight is 549 g/mol. The molecule has 0 aliphatic heterocycles. The lowest BCUT2D eigenvalue weighted by Gasteiger charge is -2.40. The molecule has 0 saturated heterocycles. The number of nitriles is 1. The van der Waals surface area contributed by atoms with Crippen LogP contribution >= 0.6 is 33.4 Å². The predicted octanol–water partition coefficient (Wildman–Crippen LogP) is 6.48. The van der Waals surface area contributed by atoms with Gasteiger partial charge in [-0.3, -0.25) is 10.1 Å². The number of hydrogen-bond donors (Lipinski definition) is 1. The molecule has 1 aliphatic carbocycles. The molecule has 1 heterocycles. The van der Waals surface area contributed by atoms with Crippen molar-refractivity contribution in [2.75, 3.05) is 19.0 Å². The summed E-state index contributed by atoms with van der Waals surface area (Å²) in [5.41, 5.74) is -2.46. The molecule has 34 heavy (non-hydrogen) atoms. The lowest BCUT2D eigenvalue weighted by atomic mass is 9.95. The summed E-state index contributed by atoms with van der Waals surface area (Å²) in [4.78, 5) is 22.3. The first kappa shape index (κ1) is 25.9. The molecule has 0 atom stereocenters. The lowest BCUT2D eigenvalue weighted by Crippen LogP contribution is -2.25. The van der Waals surface area contributed by atoms with Crippen LogP contribution in [0.3, 0.4) is 0 Å². The van der Waals surface area contributed by atoms with Crippen molar-refractivity contribution in [3.63, 3.8) is 0 Å². The maximum atomic E-state index is 13.3. The molecule has 1 aromatic carbocycles. The van der Waals surface area contributed by atoms with Crippen molar-refractivity contribution in [1.82, 2.24) is 9.78 Å². The Kier molecular flexibility index (Phi) is 5.80. The second kappa shape index (κ2) is 7.62. The quantitative estimate of drug-likeness (QED) is 0.327. The Morgan fingerprint density at radius 3 is 2.21 bits per heavy atom. The van der Waals surface area contributed by atoms with Gasteiger partial charge < -0.3 is 9.47 Å². The number of benzene rings is 1. The fourth-order valence-corrected chi connectivity index (χ4v) is 4.79. The predicted molar refractivity (Wildman–Crippen MR) is 113 cm³/mol. The van der Waals surface area contributed by atoms with Gasteiger partial charge in [0.2, 0.25) is 0 Å². The molecule has 1 saturated carbocycles. The summed E-state index contributed by atoms with van der Waals surface area (Å²) in [7, 11) is -9.04. The molecule has 1 amide bonds. The molecular weight excluding hydrogens is 534 g/mol. The van der Waals surface area contributed by atoms with E-state index in [1.165, 1.54) is 6.92 Å². The first-order valence-corrected chi connectivity index (χ1v) is 12.0. The van der Waals surface area contributed by atoms with Gasteiger partial charge in [0.05, 0.1) is 34.7 Å². The first-order chi connectivity index (χ1) is 15.5. The van der Waals surface area contributed by atoms with Crippen molar-refractivity contribution < 1.29 is 38.5 Å². The topological polar surface area (TPSA) is 106 Å². The number of carbonyl (C=O) groups excluding carboxylic acids is 2. The molecule has 1 aromatic heterocycles. The van der Waals surface area contributed by atoms with Crippen LogP contribution in [0.25, 0.3) is 5.69 Å². The Hall–Kier alpha value is -2.76.